The molecule has 18 heavy (non-hydrogen) atoms. The van der Waals surface area contributed by atoms with Crippen LogP contribution in [0.3, 0.4) is 0 Å². The molecular formula is C12H18N2O4. The van der Waals surface area contributed by atoms with Crippen molar-refractivity contribution in [1.82, 2.24) is 10.6 Å². The van der Waals surface area contributed by atoms with Crippen molar-refractivity contribution >= 4 is 12.2 Å². The van der Waals surface area contributed by atoms with E-state index in [-0.39, 0.29) is 0 Å². The fourth-order valence-corrected chi connectivity index (χ4v) is 1.16. The van der Waals surface area contributed by atoms with Gasteiger partial charge in [0.2, 0.25) is 0 Å². The summed E-state index contributed by atoms with van der Waals surface area (Å²) >= 11 is 0. The summed E-state index contributed by atoms with van der Waals surface area (Å²) in [4.78, 5) is 19.5. The van der Waals surface area contributed by atoms with Crippen LogP contribution in [-0.2, 0) is 6.54 Å². The third kappa shape index (κ3) is 7.10. The number of carbonyl (C=O) groups is 2. The van der Waals surface area contributed by atoms with E-state index in [1.807, 2.05) is 37.4 Å². The van der Waals surface area contributed by atoms with Crippen LogP contribution in [0.15, 0.2) is 18.2 Å². The number of amides is 2. The minimum Gasteiger partial charge on any atom is -0.465 e. The third-order valence-corrected chi connectivity index (χ3v) is 2.15. The Bertz CT molecular complexity index is 419. The molecule has 4 N–H and O–H groups in total. The first-order valence-corrected chi connectivity index (χ1v) is 5.30. The summed E-state index contributed by atoms with van der Waals surface area (Å²) in [5, 5.41) is 20.3. The van der Waals surface area contributed by atoms with Crippen LogP contribution < -0.4 is 10.6 Å². The summed E-state index contributed by atoms with van der Waals surface area (Å²) < 4.78 is 0. The number of hydrogen-bond acceptors (Lipinski definition) is 2. The van der Waals surface area contributed by atoms with Crippen molar-refractivity contribution in [3.63, 3.8) is 0 Å². The molecule has 0 atom stereocenters. The fourth-order valence-electron chi connectivity index (χ4n) is 1.16. The minimum absolute atomic E-state index is 0.378. The molecule has 1 rings (SSSR count). The highest BCUT2D eigenvalue weighted by atomic mass is 16.4. The van der Waals surface area contributed by atoms with Crippen LogP contribution >= 0.6 is 0 Å². The lowest BCUT2D eigenvalue weighted by molar-refractivity contribution is 0.193. The number of benzene rings is 1. The average Bonchev–Trinajstić information content (AvgIpc) is 2.31. The largest absolute Gasteiger partial charge is 0.465 e. The van der Waals surface area contributed by atoms with Gasteiger partial charge in [0.15, 0.2) is 0 Å². The van der Waals surface area contributed by atoms with Crippen molar-refractivity contribution in [1.29, 1.82) is 0 Å². The number of rotatable bonds is 2. The van der Waals surface area contributed by atoms with Gasteiger partial charge in [0.05, 0.1) is 0 Å². The van der Waals surface area contributed by atoms with E-state index in [1.54, 1.807) is 0 Å². The molecule has 0 aliphatic rings. The summed E-state index contributed by atoms with van der Waals surface area (Å²) in [6.07, 6.45) is -1.98. The molecule has 6 nitrogen and oxygen atoms in total. The predicted octanol–water partition coefficient (Wildman–Crippen LogP) is 1.95. The topological polar surface area (TPSA) is 98.7 Å². The Morgan fingerprint density at radius 3 is 2.17 bits per heavy atom. The number of carboxylic acid groups (broad SMARTS) is 2. The van der Waals surface area contributed by atoms with Gasteiger partial charge in [0, 0.05) is 13.6 Å². The standard InChI is InChI=1S/C10H13NO2.C2H5NO2/c1-7-3-4-8(2)9(5-7)6-11-10(12)13;1-3-2(4)5/h3-5,11H,6H2,1-2H3,(H,12,13);3H,1H3,(H,4,5). The Morgan fingerprint density at radius 2 is 1.72 bits per heavy atom. The lowest BCUT2D eigenvalue weighted by Gasteiger charge is -2.06. The molecule has 0 aromatic heterocycles. The molecule has 0 aliphatic carbocycles. The third-order valence-electron chi connectivity index (χ3n) is 2.15. The van der Waals surface area contributed by atoms with Crippen LogP contribution in [0.25, 0.3) is 0 Å². The van der Waals surface area contributed by atoms with Crippen molar-refractivity contribution in [3.05, 3.63) is 34.9 Å². The predicted molar refractivity (Wildman–Crippen MR) is 67.9 cm³/mol. The SMILES string of the molecule is CNC(=O)O.Cc1ccc(C)c(CNC(=O)O)c1. The first-order chi connectivity index (χ1) is 8.36. The molecule has 0 radical (unpaired) electrons. The van der Waals surface area contributed by atoms with E-state index in [1.165, 1.54) is 7.05 Å². The van der Waals surface area contributed by atoms with Gasteiger partial charge in [-0.1, -0.05) is 23.8 Å². The molecule has 0 heterocycles. The van der Waals surface area contributed by atoms with Gasteiger partial charge in [-0.05, 0) is 25.0 Å². The van der Waals surface area contributed by atoms with Crippen molar-refractivity contribution in [3.8, 4) is 0 Å². The van der Waals surface area contributed by atoms with Crippen LogP contribution in [0.5, 0.6) is 0 Å². The number of aryl methyl sites for hydroxylation is 2. The van der Waals surface area contributed by atoms with E-state index in [0.717, 1.165) is 16.7 Å². The minimum atomic E-state index is -0.995. The lowest BCUT2D eigenvalue weighted by Crippen LogP contribution is -2.20. The first kappa shape index (κ1) is 15.8. The van der Waals surface area contributed by atoms with Gasteiger partial charge in [-0.3, -0.25) is 0 Å². The van der Waals surface area contributed by atoms with Gasteiger partial charge >= 0.3 is 12.2 Å². The Morgan fingerprint density at radius 1 is 1.17 bits per heavy atom. The molecule has 0 aliphatic heterocycles. The zero-order valence-corrected chi connectivity index (χ0v) is 10.7. The van der Waals surface area contributed by atoms with Gasteiger partial charge in [-0.2, -0.15) is 0 Å². The second-order valence-electron chi connectivity index (χ2n) is 3.64. The number of nitrogens with one attached hydrogen (secondary N) is 2. The molecule has 0 spiro atoms. The molecular weight excluding hydrogens is 236 g/mol. The zero-order valence-electron chi connectivity index (χ0n) is 10.7. The van der Waals surface area contributed by atoms with Crippen LogP contribution in [0.1, 0.15) is 16.7 Å². The normalized spacial score (nSPS) is 8.83. The quantitative estimate of drug-likeness (QED) is 0.648. The monoisotopic (exact) mass is 254 g/mol. The van der Waals surface area contributed by atoms with Gasteiger partial charge < -0.3 is 20.8 Å². The molecule has 100 valence electrons. The highest BCUT2D eigenvalue weighted by Gasteiger charge is 2.00. The zero-order chi connectivity index (χ0) is 14.1. The van der Waals surface area contributed by atoms with Gasteiger partial charge in [-0.15, -0.1) is 0 Å². The van der Waals surface area contributed by atoms with Crippen LogP contribution in [-0.4, -0.2) is 29.4 Å². The molecule has 6 heteroatoms. The van der Waals surface area contributed by atoms with Crippen LogP contribution in [0.4, 0.5) is 9.59 Å². The molecule has 0 fully saturated rings. The maximum Gasteiger partial charge on any atom is 0.404 e. The van der Waals surface area contributed by atoms with Crippen molar-refractivity contribution in [2.45, 2.75) is 20.4 Å². The molecule has 2 amide bonds. The first-order valence-electron chi connectivity index (χ1n) is 5.30. The Hall–Kier alpha value is -2.24. The molecule has 1 aromatic carbocycles. The molecule has 0 saturated heterocycles. The summed E-state index contributed by atoms with van der Waals surface area (Å²) in [6, 6.07) is 6.00. The molecule has 0 unspecified atom stereocenters. The highest BCUT2D eigenvalue weighted by molar-refractivity contribution is 5.64. The Kier molecular flexibility index (Phi) is 6.95. The molecule has 1 aromatic rings. The van der Waals surface area contributed by atoms with Crippen molar-refractivity contribution in [2.24, 2.45) is 0 Å². The average molecular weight is 254 g/mol. The van der Waals surface area contributed by atoms with Crippen molar-refractivity contribution < 1.29 is 19.8 Å². The van der Waals surface area contributed by atoms with E-state index in [9.17, 15) is 9.59 Å². The molecule has 0 saturated carbocycles. The van der Waals surface area contributed by atoms with Crippen LogP contribution in [0, 0.1) is 13.8 Å². The second-order valence-corrected chi connectivity index (χ2v) is 3.64. The summed E-state index contributed by atoms with van der Waals surface area (Å²) in [6.45, 7) is 4.34. The Labute approximate surface area is 106 Å². The van der Waals surface area contributed by atoms with E-state index in [0.29, 0.717) is 6.54 Å². The van der Waals surface area contributed by atoms with Gasteiger partial charge in [0.1, 0.15) is 0 Å². The maximum atomic E-state index is 10.3. The smallest absolute Gasteiger partial charge is 0.404 e. The number of hydrogen-bond donors (Lipinski definition) is 4. The Balaban J connectivity index is 0.000000494. The maximum absolute atomic E-state index is 10.3. The summed E-state index contributed by atoms with van der Waals surface area (Å²) in [7, 11) is 1.35. The molecule has 0 bridgehead atoms. The van der Waals surface area contributed by atoms with Gasteiger partial charge in [-0.25, -0.2) is 9.59 Å². The van der Waals surface area contributed by atoms with E-state index >= 15 is 0 Å². The van der Waals surface area contributed by atoms with E-state index < -0.39 is 12.2 Å². The van der Waals surface area contributed by atoms with Crippen LogP contribution in [0.2, 0.25) is 0 Å². The van der Waals surface area contributed by atoms with E-state index in [2.05, 4.69) is 5.32 Å². The summed E-state index contributed by atoms with van der Waals surface area (Å²) in [5.74, 6) is 0. The summed E-state index contributed by atoms with van der Waals surface area (Å²) in [5.41, 5.74) is 3.29. The fraction of sp³-hybridized carbons (Fsp3) is 0.333. The van der Waals surface area contributed by atoms with E-state index in [4.69, 9.17) is 10.2 Å². The lowest BCUT2D eigenvalue weighted by atomic mass is 10.1. The second kappa shape index (κ2) is 7.94. The van der Waals surface area contributed by atoms with Gasteiger partial charge in [0.25, 0.3) is 0 Å². The highest BCUT2D eigenvalue weighted by Crippen LogP contribution is 2.09. The van der Waals surface area contributed by atoms with Crippen molar-refractivity contribution in [2.75, 3.05) is 7.05 Å².